The highest BCUT2D eigenvalue weighted by Crippen LogP contribution is 2.27. The molecule has 0 saturated carbocycles. The molecule has 0 radical (unpaired) electrons. The molecule has 0 spiro atoms. The summed E-state index contributed by atoms with van der Waals surface area (Å²) in [5, 5.41) is 11.3. The number of hydrogen-bond donors (Lipinski definition) is 2. The number of carbonyl (C=O) groups excluding carboxylic acids is 1. The van der Waals surface area contributed by atoms with Crippen molar-refractivity contribution in [1.82, 2.24) is 15.1 Å². The molecule has 1 aromatic heterocycles. The van der Waals surface area contributed by atoms with Gasteiger partial charge >= 0.3 is 0 Å². The molecular formula is C22H23Cl2N5O2. The lowest BCUT2D eigenvalue weighted by Gasteiger charge is -2.15. The number of guanidine groups is 1. The van der Waals surface area contributed by atoms with E-state index in [0.29, 0.717) is 33.6 Å². The molecule has 2 N–H and O–H groups in total. The number of rotatable bonds is 5. The van der Waals surface area contributed by atoms with Crippen LogP contribution in [0.1, 0.15) is 27.3 Å². The number of benzene rings is 2. The lowest BCUT2D eigenvalue weighted by Crippen LogP contribution is -2.36. The van der Waals surface area contributed by atoms with Gasteiger partial charge in [-0.2, -0.15) is 5.10 Å². The number of carbonyl (C=O) groups is 1. The summed E-state index contributed by atoms with van der Waals surface area (Å²) in [4.78, 5) is 17.4. The number of hydrogen-bond acceptors (Lipinski definition) is 4. The van der Waals surface area contributed by atoms with E-state index in [9.17, 15) is 4.79 Å². The maximum atomic E-state index is 12.8. The molecule has 7 nitrogen and oxygen atoms in total. The van der Waals surface area contributed by atoms with Crippen LogP contribution in [0.15, 0.2) is 47.5 Å². The molecular weight excluding hydrogens is 437 g/mol. The second-order valence-corrected chi connectivity index (χ2v) is 7.74. The van der Waals surface area contributed by atoms with Crippen molar-refractivity contribution in [1.29, 1.82) is 0 Å². The molecule has 0 atom stereocenters. The van der Waals surface area contributed by atoms with E-state index in [-0.39, 0.29) is 11.9 Å². The Morgan fingerprint density at radius 3 is 2.55 bits per heavy atom. The monoisotopic (exact) mass is 459 g/mol. The van der Waals surface area contributed by atoms with E-state index >= 15 is 0 Å². The minimum Gasteiger partial charge on any atom is -0.495 e. The summed E-state index contributed by atoms with van der Waals surface area (Å²) in [6.07, 6.45) is 0. The quantitative estimate of drug-likeness (QED) is 0.426. The third-order valence-electron chi connectivity index (χ3n) is 4.79. The smallest absolute Gasteiger partial charge is 0.258 e. The first-order chi connectivity index (χ1) is 14.8. The van der Waals surface area contributed by atoms with Gasteiger partial charge in [-0.25, -0.2) is 4.99 Å². The molecule has 2 aromatic carbocycles. The molecule has 3 aromatic rings. The Morgan fingerprint density at radius 1 is 1.16 bits per heavy atom. The minimum absolute atomic E-state index is 0.244. The fourth-order valence-electron chi connectivity index (χ4n) is 3.03. The first-order valence-electron chi connectivity index (χ1n) is 9.49. The summed E-state index contributed by atoms with van der Waals surface area (Å²) in [6.45, 7) is 4.23. The van der Waals surface area contributed by atoms with E-state index in [4.69, 9.17) is 27.9 Å². The third-order valence-corrected chi connectivity index (χ3v) is 5.26. The number of aryl methyl sites for hydroxylation is 2. The van der Waals surface area contributed by atoms with Gasteiger partial charge in [-0.05, 0) is 50.2 Å². The van der Waals surface area contributed by atoms with Crippen LogP contribution in [0.3, 0.4) is 0 Å². The molecule has 0 fully saturated rings. The van der Waals surface area contributed by atoms with Crippen LogP contribution >= 0.6 is 23.2 Å². The van der Waals surface area contributed by atoms with Crippen LogP contribution in [0.5, 0.6) is 5.75 Å². The molecule has 0 bridgehead atoms. The molecule has 1 heterocycles. The number of methoxy groups -OCH3 is 1. The molecule has 3 rings (SSSR count). The zero-order valence-electron chi connectivity index (χ0n) is 17.7. The van der Waals surface area contributed by atoms with Crippen LogP contribution in [0, 0.1) is 13.8 Å². The molecule has 0 unspecified atom stereocenters. The molecule has 0 saturated heterocycles. The second kappa shape index (κ2) is 9.85. The van der Waals surface area contributed by atoms with Crippen LogP contribution in [-0.4, -0.2) is 28.8 Å². The van der Waals surface area contributed by atoms with E-state index in [0.717, 1.165) is 17.0 Å². The fraction of sp³-hybridized carbons (Fsp3) is 0.227. The summed E-state index contributed by atoms with van der Waals surface area (Å²) in [7, 11) is 3.44. The first kappa shape index (κ1) is 22.7. The minimum atomic E-state index is -0.352. The van der Waals surface area contributed by atoms with E-state index in [1.54, 1.807) is 54.3 Å². The Kier molecular flexibility index (Phi) is 7.20. The SMILES string of the molecule is COc1ccc(Cl)cc1NC(=NCc1c(C)nn(C)c1C)NC(=O)c1cccc(Cl)c1. The largest absolute Gasteiger partial charge is 0.495 e. The van der Waals surface area contributed by atoms with E-state index in [1.807, 2.05) is 20.9 Å². The second-order valence-electron chi connectivity index (χ2n) is 6.87. The van der Waals surface area contributed by atoms with Gasteiger partial charge in [0.2, 0.25) is 5.96 Å². The van der Waals surface area contributed by atoms with Crippen LogP contribution in [-0.2, 0) is 13.6 Å². The highest BCUT2D eigenvalue weighted by molar-refractivity contribution is 6.31. The van der Waals surface area contributed by atoms with Crippen molar-refractivity contribution < 1.29 is 9.53 Å². The Hall–Kier alpha value is -3.03. The number of ether oxygens (including phenoxy) is 1. The molecule has 0 aliphatic heterocycles. The molecule has 162 valence electrons. The van der Waals surface area contributed by atoms with E-state index < -0.39 is 0 Å². The zero-order chi connectivity index (χ0) is 22.5. The van der Waals surface area contributed by atoms with Crippen molar-refractivity contribution >= 4 is 40.8 Å². The molecule has 0 aliphatic rings. The summed E-state index contributed by atoms with van der Waals surface area (Å²) in [5.74, 6) is 0.449. The zero-order valence-corrected chi connectivity index (χ0v) is 19.2. The van der Waals surface area contributed by atoms with Crippen molar-refractivity contribution in [3.63, 3.8) is 0 Å². The standard InChI is InChI=1S/C22H23Cl2N5O2/c1-13-18(14(2)29(3)28-13)12-25-22(26-19-11-17(24)8-9-20(19)31-4)27-21(30)15-6-5-7-16(23)10-15/h5-11H,12H2,1-4H3,(H2,25,26,27,30). The van der Waals surface area contributed by atoms with Gasteiger partial charge in [0.1, 0.15) is 5.75 Å². The van der Waals surface area contributed by atoms with Gasteiger partial charge in [0.25, 0.3) is 5.91 Å². The van der Waals surface area contributed by atoms with Crippen LogP contribution in [0.4, 0.5) is 5.69 Å². The van der Waals surface area contributed by atoms with E-state index in [1.165, 1.54) is 0 Å². The van der Waals surface area contributed by atoms with E-state index in [2.05, 4.69) is 20.7 Å². The fourth-order valence-corrected chi connectivity index (χ4v) is 3.39. The van der Waals surface area contributed by atoms with Crippen LogP contribution in [0.2, 0.25) is 10.0 Å². The highest BCUT2D eigenvalue weighted by atomic mass is 35.5. The predicted molar refractivity (Wildman–Crippen MR) is 124 cm³/mol. The van der Waals surface area contributed by atoms with Crippen molar-refractivity contribution in [3.8, 4) is 5.75 Å². The summed E-state index contributed by atoms with van der Waals surface area (Å²) >= 11 is 12.2. The van der Waals surface area contributed by atoms with Gasteiger partial charge in [0.15, 0.2) is 0 Å². The Balaban J connectivity index is 1.93. The predicted octanol–water partition coefficient (Wildman–Crippen LogP) is 4.75. The average Bonchev–Trinajstić information content (AvgIpc) is 2.97. The maximum absolute atomic E-state index is 12.8. The third kappa shape index (κ3) is 5.57. The van der Waals surface area contributed by atoms with Gasteiger partial charge in [-0.15, -0.1) is 0 Å². The number of amides is 1. The Morgan fingerprint density at radius 2 is 1.90 bits per heavy atom. The van der Waals surface area contributed by atoms with Gasteiger partial charge < -0.3 is 10.1 Å². The van der Waals surface area contributed by atoms with Gasteiger partial charge in [0.05, 0.1) is 25.0 Å². The number of aliphatic imine (C=N–C) groups is 1. The number of aromatic nitrogens is 2. The summed E-state index contributed by atoms with van der Waals surface area (Å²) < 4.78 is 7.19. The van der Waals surface area contributed by atoms with Crippen molar-refractivity contribution in [2.75, 3.05) is 12.4 Å². The average molecular weight is 460 g/mol. The van der Waals surface area contributed by atoms with Crippen molar-refractivity contribution in [3.05, 3.63) is 75.0 Å². The Labute approximate surface area is 191 Å². The molecule has 0 aliphatic carbocycles. The topological polar surface area (TPSA) is 80.5 Å². The number of anilines is 1. The first-order valence-corrected chi connectivity index (χ1v) is 10.2. The molecule has 9 heteroatoms. The van der Waals surface area contributed by atoms with Gasteiger partial charge in [0, 0.05) is 33.9 Å². The molecule has 1 amide bonds. The number of nitrogens with zero attached hydrogens (tertiary/aromatic N) is 3. The lowest BCUT2D eigenvalue weighted by atomic mass is 10.2. The Bertz CT molecular complexity index is 1140. The number of halogens is 2. The summed E-state index contributed by atoms with van der Waals surface area (Å²) in [6, 6.07) is 11.8. The van der Waals surface area contributed by atoms with Gasteiger partial charge in [-0.1, -0.05) is 29.3 Å². The van der Waals surface area contributed by atoms with Crippen molar-refractivity contribution in [2.24, 2.45) is 12.0 Å². The normalized spacial score (nSPS) is 11.4. The lowest BCUT2D eigenvalue weighted by molar-refractivity contribution is 0.0977. The van der Waals surface area contributed by atoms with Crippen LogP contribution < -0.4 is 15.4 Å². The maximum Gasteiger partial charge on any atom is 0.258 e. The van der Waals surface area contributed by atoms with Crippen LogP contribution in [0.25, 0.3) is 0 Å². The van der Waals surface area contributed by atoms with Crippen molar-refractivity contribution in [2.45, 2.75) is 20.4 Å². The molecule has 31 heavy (non-hydrogen) atoms. The van der Waals surface area contributed by atoms with Gasteiger partial charge in [-0.3, -0.25) is 14.8 Å². The summed E-state index contributed by atoms with van der Waals surface area (Å²) in [5.41, 5.74) is 3.84. The number of nitrogens with one attached hydrogen (secondary N) is 2. The highest BCUT2D eigenvalue weighted by Gasteiger charge is 2.14.